The van der Waals surface area contributed by atoms with Crippen LogP contribution < -0.4 is 0 Å². The minimum absolute atomic E-state index is 0.500. The Morgan fingerprint density at radius 2 is 1.33 bits per heavy atom. The molecule has 5 unspecified atom stereocenters. The van der Waals surface area contributed by atoms with Crippen LogP contribution in [0.25, 0.3) is 0 Å². The van der Waals surface area contributed by atoms with Crippen molar-refractivity contribution in [2.45, 2.75) is 112 Å². The van der Waals surface area contributed by atoms with Crippen LogP contribution in [0.15, 0.2) is 0 Å². The van der Waals surface area contributed by atoms with E-state index in [0.29, 0.717) is 10.8 Å². The van der Waals surface area contributed by atoms with Gasteiger partial charge in [0.1, 0.15) is 0 Å². The van der Waals surface area contributed by atoms with E-state index in [4.69, 9.17) is 0 Å². The van der Waals surface area contributed by atoms with Gasteiger partial charge in [-0.05, 0) is 97.7 Å². The summed E-state index contributed by atoms with van der Waals surface area (Å²) in [6.45, 7) is 13.6. The fourth-order valence-corrected chi connectivity index (χ4v) is 6.93. The van der Waals surface area contributed by atoms with Crippen molar-refractivity contribution in [2.24, 2.45) is 39.9 Å². The molecule has 0 radical (unpaired) electrons. The smallest absolute Gasteiger partial charge is 0.0266 e. The average molecular weight is 333 g/mol. The molecule has 0 nitrogen and oxygen atoms in total. The molecule has 0 aliphatic heterocycles. The summed E-state index contributed by atoms with van der Waals surface area (Å²) >= 11 is 0. The van der Waals surface area contributed by atoms with Gasteiger partial charge >= 0.3 is 0 Å². The molecule has 0 aromatic rings. The Hall–Kier alpha value is 0. The molecule has 5 atom stereocenters. The summed E-state index contributed by atoms with van der Waals surface area (Å²) < 4.78 is 0. The van der Waals surface area contributed by atoms with Gasteiger partial charge in [-0.25, -0.2) is 0 Å². The summed E-state index contributed by atoms with van der Waals surface area (Å²) in [6.07, 6.45) is 17.3. The first-order chi connectivity index (χ1) is 11.1. The second-order valence-electron chi connectivity index (χ2n) is 12.4. The van der Waals surface area contributed by atoms with E-state index in [9.17, 15) is 0 Å². The molecule has 0 heterocycles. The summed E-state index contributed by atoms with van der Waals surface area (Å²) in [6, 6.07) is 0. The topological polar surface area (TPSA) is 0 Å². The highest BCUT2D eigenvalue weighted by Crippen LogP contribution is 2.64. The lowest BCUT2D eigenvalue weighted by molar-refractivity contribution is 0.217. The van der Waals surface area contributed by atoms with E-state index in [1.54, 1.807) is 51.4 Å². The van der Waals surface area contributed by atoms with Crippen LogP contribution in [0.3, 0.4) is 0 Å². The van der Waals surface area contributed by atoms with E-state index >= 15 is 0 Å². The van der Waals surface area contributed by atoms with Gasteiger partial charge in [0.2, 0.25) is 0 Å². The summed E-state index contributed by atoms with van der Waals surface area (Å²) in [5.41, 5.74) is 2.13. The summed E-state index contributed by atoms with van der Waals surface area (Å²) in [5.74, 6) is 4.56. The molecule has 4 bridgehead atoms. The predicted molar refractivity (Wildman–Crippen MR) is 106 cm³/mol. The molecule has 5 aliphatic carbocycles. The molecule has 0 aromatic heterocycles. The third-order valence-electron chi connectivity index (χ3n) is 7.92. The summed E-state index contributed by atoms with van der Waals surface area (Å²) in [5, 5.41) is 0. The lowest BCUT2D eigenvalue weighted by Gasteiger charge is -2.29. The maximum Gasteiger partial charge on any atom is -0.0266 e. The molecule has 24 heavy (non-hydrogen) atoms. The lowest BCUT2D eigenvalue weighted by Crippen LogP contribution is -2.19. The maximum atomic E-state index is 2.44. The molecular formula is C24H44. The van der Waals surface area contributed by atoms with Crippen molar-refractivity contribution in [3.63, 3.8) is 0 Å². The number of rotatable bonds is 0. The first-order valence-electron chi connectivity index (χ1n) is 11.1. The standard InChI is InChI=1S/C10H16.C9H16.C5H12/c1-2-9-6-8-3-5-10(9,4-1)7-8;1-9(2)6-7-3-4-8(9)5-7;1-5(2,3)4/h8-9H,1-7H2;7-8H,3-6H2,1-2H3;1-4H3. The van der Waals surface area contributed by atoms with Crippen LogP contribution >= 0.6 is 0 Å². The van der Waals surface area contributed by atoms with Gasteiger partial charge in [-0.1, -0.05) is 54.4 Å². The number of fused-ring (bicyclic) bond motifs is 3. The van der Waals surface area contributed by atoms with Gasteiger partial charge in [0.15, 0.2) is 0 Å². The maximum absolute atomic E-state index is 2.44. The second kappa shape index (κ2) is 6.62. The van der Waals surface area contributed by atoms with Gasteiger partial charge in [0.25, 0.3) is 0 Å². The Labute approximate surface area is 152 Å². The fourth-order valence-electron chi connectivity index (χ4n) is 6.93. The van der Waals surface area contributed by atoms with Crippen LogP contribution in [-0.4, -0.2) is 0 Å². The normalized spacial score (nSPS) is 43.8. The molecule has 140 valence electrons. The minimum Gasteiger partial charge on any atom is -0.0604 e. The van der Waals surface area contributed by atoms with Gasteiger partial charge in [0, 0.05) is 0 Å². The van der Waals surface area contributed by atoms with Gasteiger partial charge in [-0.15, -0.1) is 0 Å². The van der Waals surface area contributed by atoms with Crippen LogP contribution in [0.5, 0.6) is 0 Å². The Kier molecular flexibility index (Phi) is 5.18. The Balaban J connectivity index is 0.000000113. The monoisotopic (exact) mass is 332 g/mol. The second-order valence-corrected chi connectivity index (χ2v) is 12.4. The lowest BCUT2D eigenvalue weighted by atomic mass is 9.77. The van der Waals surface area contributed by atoms with Gasteiger partial charge in [-0.2, -0.15) is 0 Å². The molecule has 5 rings (SSSR count). The molecule has 0 saturated heterocycles. The largest absolute Gasteiger partial charge is 0.0604 e. The summed E-state index contributed by atoms with van der Waals surface area (Å²) in [7, 11) is 0. The van der Waals surface area contributed by atoms with Gasteiger partial charge in [-0.3, -0.25) is 0 Å². The van der Waals surface area contributed by atoms with Crippen molar-refractivity contribution < 1.29 is 0 Å². The van der Waals surface area contributed by atoms with E-state index in [-0.39, 0.29) is 0 Å². The Morgan fingerprint density at radius 1 is 0.708 bits per heavy atom. The van der Waals surface area contributed by atoms with Crippen molar-refractivity contribution >= 4 is 0 Å². The molecule has 0 amide bonds. The van der Waals surface area contributed by atoms with Crippen molar-refractivity contribution in [2.75, 3.05) is 0 Å². The number of hydrogen-bond donors (Lipinski definition) is 0. The van der Waals surface area contributed by atoms with Gasteiger partial charge < -0.3 is 0 Å². The highest BCUT2D eigenvalue weighted by molar-refractivity contribution is 5.04. The molecule has 5 saturated carbocycles. The molecule has 5 fully saturated rings. The van der Waals surface area contributed by atoms with E-state index in [1.807, 2.05) is 0 Å². The first-order valence-corrected chi connectivity index (χ1v) is 11.1. The highest BCUT2D eigenvalue weighted by atomic mass is 14.6. The zero-order valence-corrected chi connectivity index (χ0v) is 17.6. The fraction of sp³-hybridized carbons (Fsp3) is 1.00. The van der Waals surface area contributed by atoms with E-state index in [0.717, 1.165) is 17.3 Å². The molecular weight excluding hydrogens is 288 g/mol. The SMILES string of the molecule is C1CC2CC3CCC2(C1)C3.CC(C)(C)C.CC1(C)CC2CCC1C2. The Morgan fingerprint density at radius 3 is 1.75 bits per heavy atom. The third kappa shape index (κ3) is 4.21. The van der Waals surface area contributed by atoms with Crippen LogP contribution in [0.4, 0.5) is 0 Å². The van der Waals surface area contributed by atoms with Crippen molar-refractivity contribution in [1.82, 2.24) is 0 Å². The van der Waals surface area contributed by atoms with Crippen LogP contribution in [-0.2, 0) is 0 Å². The van der Waals surface area contributed by atoms with E-state index < -0.39 is 0 Å². The van der Waals surface area contributed by atoms with Crippen LogP contribution in [0.1, 0.15) is 112 Å². The van der Waals surface area contributed by atoms with E-state index in [2.05, 4.69) is 41.5 Å². The summed E-state index contributed by atoms with van der Waals surface area (Å²) in [4.78, 5) is 0. The van der Waals surface area contributed by atoms with Crippen molar-refractivity contribution in [1.29, 1.82) is 0 Å². The molecule has 0 heteroatoms. The minimum atomic E-state index is 0.500. The molecule has 1 spiro atoms. The quantitative estimate of drug-likeness (QED) is 0.423. The zero-order valence-electron chi connectivity index (χ0n) is 17.6. The average Bonchev–Trinajstić information content (AvgIpc) is 3.18. The van der Waals surface area contributed by atoms with Crippen molar-refractivity contribution in [3.8, 4) is 0 Å². The van der Waals surface area contributed by atoms with Crippen molar-refractivity contribution in [3.05, 3.63) is 0 Å². The predicted octanol–water partition coefficient (Wildman–Crippen LogP) is 7.86. The molecule has 0 N–H and O–H groups in total. The van der Waals surface area contributed by atoms with Crippen LogP contribution in [0, 0.1) is 39.9 Å². The zero-order chi connectivity index (χ0) is 17.6. The van der Waals surface area contributed by atoms with Gasteiger partial charge in [0.05, 0.1) is 0 Å². The third-order valence-corrected chi connectivity index (χ3v) is 7.92. The Bertz CT molecular complexity index is 416. The van der Waals surface area contributed by atoms with Crippen LogP contribution in [0.2, 0.25) is 0 Å². The highest BCUT2D eigenvalue weighted by Gasteiger charge is 2.53. The number of hydrogen-bond acceptors (Lipinski definition) is 0. The molecule has 5 aliphatic rings. The molecule has 0 aromatic carbocycles. The first kappa shape index (κ1) is 18.8. The van der Waals surface area contributed by atoms with E-state index in [1.165, 1.54) is 31.1 Å².